The number of rotatable bonds is 3. The summed E-state index contributed by atoms with van der Waals surface area (Å²) in [6.45, 7) is 0. The fourth-order valence-corrected chi connectivity index (χ4v) is 3.20. The summed E-state index contributed by atoms with van der Waals surface area (Å²) in [7, 11) is 2.03. The van der Waals surface area contributed by atoms with Gasteiger partial charge in [0.1, 0.15) is 0 Å². The van der Waals surface area contributed by atoms with Gasteiger partial charge in [-0.25, -0.2) is 0 Å². The average Bonchev–Trinajstić information content (AvgIpc) is 2.56. The molecule has 1 atom stereocenters. The van der Waals surface area contributed by atoms with E-state index in [4.69, 9.17) is 0 Å². The molecule has 0 aliphatic heterocycles. The summed E-state index contributed by atoms with van der Waals surface area (Å²) in [5.74, 6) is 0. The van der Waals surface area contributed by atoms with Gasteiger partial charge in [0, 0.05) is 11.5 Å². The lowest BCUT2D eigenvalue weighted by Gasteiger charge is -2.37. The van der Waals surface area contributed by atoms with Crippen molar-refractivity contribution < 1.29 is 0 Å². The van der Waals surface area contributed by atoms with Crippen molar-refractivity contribution in [2.75, 3.05) is 7.05 Å². The minimum atomic E-state index is 0.0237. The van der Waals surface area contributed by atoms with Crippen LogP contribution in [0.25, 0.3) is 0 Å². The summed E-state index contributed by atoms with van der Waals surface area (Å²) >= 11 is 0. The van der Waals surface area contributed by atoms with Gasteiger partial charge in [0.25, 0.3) is 0 Å². The zero-order valence-electron chi connectivity index (χ0n) is 11.9. The van der Waals surface area contributed by atoms with E-state index in [9.17, 15) is 0 Å². The van der Waals surface area contributed by atoms with Gasteiger partial charge in [0.05, 0.1) is 0 Å². The van der Waals surface area contributed by atoms with Crippen molar-refractivity contribution in [3.8, 4) is 0 Å². The molecule has 1 nitrogen and oxygen atoms in total. The SMILES string of the molecule is CNC1C=CC(c2ccccc2)(c2ccccc2)CC1. The topological polar surface area (TPSA) is 12.0 Å². The number of hydrogen-bond acceptors (Lipinski definition) is 1. The number of nitrogens with one attached hydrogen (secondary N) is 1. The normalized spacial score (nSPS) is 20.8. The van der Waals surface area contributed by atoms with Crippen molar-refractivity contribution in [3.05, 3.63) is 83.9 Å². The van der Waals surface area contributed by atoms with Crippen LogP contribution in [0.1, 0.15) is 24.0 Å². The Morgan fingerprint density at radius 3 is 1.85 bits per heavy atom. The Morgan fingerprint density at radius 2 is 1.45 bits per heavy atom. The lowest BCUT2D eigenvalue weighted by molar-refractivity contribution is 0.467. The third kappa shape index (κ3) is 2.30. The minimum absolute atomic E-state index is 0.0237. The van der Waals surface area contributed by atoms with E-state index in [1.54, 1.807) is 0 Å². The molecule has 1 N–H and O–H groups in total. The summed E-state index contributed by atoms with van der Waals surface area (Å²) in [5, 5.41) is 3.36. The van der Waals surface area contributed by atoms with Crippen LogP contribution in [-0.2, 0) is 5.41 Å². The quantitative estimate of drug-likeness (QED) is 0.828. The molecule has 20 heavy (non-hydrogen) atoms. The highest BCUT2D eigenvalue weighted by atomic mass is 14.9. The first kappa shape index (κ1) is 13.1. The van der Waals surface area contributed by atoms with E-state index in [1.165, 1.54) is 11.1 Å². The first-order valence-electron chi connectivity index (χ1n) is 7.33. The first-order chi connectivity index (χ1) is 9.85. The Kier molecular flexibility index (Phi) is 3.70. The van der Waals surface area contributed by atoms with Gasteiger partial charge in [0.2, 0.25) is 0 Å². The molecule has 2 aromatic rings. The van der Waals surface area contributed by atoms with Gasteiger partial charge in [-0.1, -0.05) is 72.8 Å². The summed E-state index contributed by atoms with van der Waals surface area (Å²) in [6, 6.07) is 22.2. The van der Waals surface area contributed by atoms with Crippen LogP contribution in [0.4, 0.5) is 0 Å². The molecular formula is C19H21N. The van der Waals surface area contributed by atoms with Crippen LogP contribution in [0.3, 0.4) is 0 Å². The van der Waals surface area contributed by atoms with Crippen molar-refractivity contribution in [3.63, 3.8) is 0 Å². The Labute approximate surface area is 121 Å². The van der Waals surface area contributed by atoms with Gasteiger partial charge in [-0.2, -0.15) is 0 Å². The van der Waals surface area contributed by atoms with E-state index in [1.807, 2.05) is 7.05 Å². The van der Waals surface area contributed by atoms with Gasteiger partial charge in [-0.05, 0) is 31.0 Å². The second-order valence-electron chi connectivity index (χ2n) is 5.50. The molecule has 0 spiro atoms. The molecule has 0 fully saturated rings. The molecule has 0 saturated carbocycles. The Balaban J connectivity index is 2.10. The zero-order valence-corrected chi connectivity index (χ0v) is 11.9. The van der Waals surface area contributed by atoms with Gasteiger partial charge >= 0.3 is 0 Å². The predicted molar refractivity (Wildman–Crippen MR) is 84.9 cm³/mol. The standard InChI is InChI=1S/C19H21N/c1-20-18-12-14-19(15-13-18,16-8-4-2-5-9-16)17-10-6-3-7-11-17/h2-12,14,18,20H,13,15H2,1H3. The molecular weight excluding hydrogens is 242 g/mol. The number of allylic oxidation sites excluding steroid dienone is 1. The van der Waals surface area contributed by atoms with Crippen LogP contribution in [0.5, 0.6) is 0 Å². The first-order valence-corrected chi connectivity index (χ1v) is 7.33. The van der Waals surface area contributed by atoms with Crippen molar-refractivity contribution in [2.24, 2.45) is 0 Å². The Bertz CT molecular complexity index is 532. The van der Waals surface area contributed by atoms with Crippen molar-refractivity contribution in [1.29, 1.82) is 0 Å². The second-order valence-corrected chi connectivity index (χ2v) is 5.50. The van der Waals surface area contributed by atoms with Crippen molar-refractivity contribution >= 4 is 0 Å². The Hall–Kier alpha value is -1.86. The number of likely N-dealkylation sites (N-methyl/N-ethyl adjacent to an activating group) is 1. The highest BCUT2D eigenvalue weighted by Crippen LogP contribution is 2.41. The van der Waals surface area contributed by atoms with Crippen LogP contribution < -0.4 is 5.32 Å². The molecule has 2 aromatic carbocycles. The minimum Gasteiger partial charge on any atom is -0.314 e. The van der Waals surface area contributed by atoms with Gasteiger partial charge in [0.15, 0.2) is 0 Å². The van der Waals surface area contributed by atoms with E-state index in [-0.39, 0.29) is 5.41 Å². The predicted octanol–water partition coefficient (Wildman–Crippen LogP) is 3.91. The molecule has 0 aromatic heterocycles. The summed E-state index contributed by atoms with van der Waals surface area (Å²) in [5.41, 5.74) is 2.80. The van der Waals surface area contributed by atoms with E-state index in [2.05, 4.69) is 78.1 Å². The highest BCUT2D eigenvalue weighted by Gasteiger charge is 2.34. The van der Waals surface area contributed by atoms with E-state index in [0.29, 0.717) is 6.04 Å². The van der Waals surface area contributed by atoms with E-state index >= 15 is 0 Å². The van der Waals surface area contributed by atoms with Crippen LogP contribution in [0.15, 0.2) is 72.8 Å². The molecule has 102 valence electrons. The second kappa shape index (κ2) is 5.64. The smallest absolute Gasteiger partial charge is 0.0383 e. The molecule has 1 unspecified atom stereocenters. The summed E-state index contributed by atoms with van der Waals surface area (Å²) < 4.78 is 0. The van der Waals surface area contributed by atoms with Crippen LogP contribution in [0.2, 0.25) is 0 Å². The fraction of sp³-hybridized carbons (Fsp3) is 0.263. The Morgan fingerprint density at radius 1 is 0.900 bits per heavy atom. The molecule has 0 heterocycles. The molecule has 0 radical (unpaired) electrons. The van der Waals surface area contributed by atoms with Gasteiger partial charge < -0.3 is 5.32 Å². The third-order valence-corrected chi connectivity index (χ3v) is 4.41. The average molecular weight is 263 g/mol. The number of hydrogen-bond donors (Lipinski definition) is 1. The lowest BCUT2D eigenvalue weighted by atomic mass is 9.68. The highest BCUT2D eigenvalue weighted by molar-refractivity contribution is 5.45. The number of benzene rings is 2. The zero-order chi connectivity index (χ0) is 13.8. The molecule has 0 amide bonds. The van der Waals surface area contributed by atoms with Gasteiger partial charge in [-0.15, -0.1) is 0 Å². The molecule has 0 bridgehead atoms. The third-order valence-electron chi connectivity index (χ3n) is 4.41. The van der Waals surface area contributed by atoms with Crippen molar-refractivity contribution in [2.45, 2.75) is 24.3 Å². The molecule has 0 saturated heterocycles. The molecule has 3 rings (SSSR count). The molecule has 1 aliphatic rings. The largest absolute Gasteiger partial charge is 0.314 e. The molecule has 1 heteroatoms. The summed E-state index contributed by atoms with van der Waals surface area (Å²) in [6.07, 6.45) is 7.02. The fourth-order valence-electron chi connectivity index (χ4n) is 3.20. The van der Waals surface area contributed by atoms with Crippen LogP contribution in [-0.4, -0.2) is 13.1 Å². The van der Waals surface area contributed by atoms with E-state index in [0.717, 1.165) is 12.8 Å². The maximum Gasteiger partial charge on any atom is 0.0383 e. The van der Waals surface area contributed by atoms with Crippen LogP contribution >= 0.6 is 0 Å². The van der Waals surface area contributed by atoms with Gasteiger partial charge in [-0.3, -0.25) is 0 Å². The lowest BCUT2D eigenvalue weighted by Crippen LogP contribution is -2.35. The van der Waals surface area contributed by atoms with Crippen molar-refractivity contribution in [1.82, 2.24) is 5.32 Å². The van der Waals surface area contributed by atoms with Crippen LogP contribution in [0, 0.1) is 0 Å². The van der Waals surface area contributed by atoms with E-state index < -0.39 is 0 Å². The monoisotopic (exact) mass is 263 g/mol. The maximum absolute atomic E-state index is 3.36. The molecule has 1 aliphatic carbocycles. The summed E-state index contributed by atoms with van der Waals surface area (Å²) in [4.78, 5) is 0. The maximum atomic E-state index is 3.36.